The molecule has 1 amide bonds. The summed E-state index contributed by atoms with van der Waals surface area (Å²) in [4.78, 5) is 19.8. The van der Waals surface area contributed by atoms with Crippen LogP contribution in [0.3, 0.4) is 0 Å². The van der Waals surface area contributed by atoms with Gasteiger partial charge in [-0.15, -0.1) is 0 Å². The van der Waals surface area contributed by atoms with Crippen LogP contribution in [-0.2, 0) is 0 Å². The van der Waals surface area contributed by atoms with Gasteiger partial charge in [0.15, 0.2) is 0 Å². The van der Waals surface area contributed by atoms with Crippen LogP contribution in [-0.4, -0.2) is 22.9 Å². The van der Waals surface area contributed by atoms with Crippen LogP contribution in [0.1, 0.15) is 15.9 Å². The molecule has 5 heteroatoms. The minimum absolute atomic E-state index is 0.183. The van der Waals surface area contributed by atoms with Gasteiger partial charge >= 0.3 is 0 Å². The van der Waals surface area contributed by atoms with Gasteiger partial charge in [0.25, 0.3) is 5.91 Å². The molecule has 0 radical (unpaired) electrons. The molecule has 0 aliphatic rings. The van der Waals surface area contributed by atoms with Crippen LogP contribution in [0, 0.1) is 6.92 Å². The van der Waals surface area contributed by atoms with E-state index in [0.29, 0.717) is 11.3 Å². The van der Waals surface area contributed by atoms with Crippen LogP contribution in [0.5, 0.6) is 0 Å². The minimum Gasteiger partial charge on any atom is -0.387 e. The van der Waals surface area contributed by atoms with Gasteiger partial charge < -0.3 is 10.6 Å². The van der Waals surface area contributed by atoms with Gasteiger partial charge in [0.2, 0.25) is 0 Å². The monoisotopic (exact) mass is 242 g/mol. The Morgan fingerprint density at radius 3 is 2.61 bits per heavy atom. The lowest BCUT2D eigenvalue weighted by atomic mass is 10.1. The number of carbonyl (C=O) groups is 1. The Hall–Kier alpha value is -2.43. The summed E-state index contributed by atoms with van der Waals surface area (Å²) in [6, 6.07) is 5.67. The van der Waals surface area contributed by atoms with Crippen LogP contribution in [0.15, 0.2) is 36.9 Å². The van der Waals surface area contributed by atoms with Crippen molar-refractivity contribution in [3.63, 3.8) is 0 Å². The third-order valence-electron chi connectivity index (χ3n) is 2.51. The molecule has 18 heavy (non-hydrogen) atoms. The summed E-state index contributed by atoms with van der Waals surface area (Å²) >= 11 is 0. The lowest BCUT2D eigenvalue weighted by Gasteiger charge is -2.10. The highest BCUT2D eigenvalue weighted by Crippen LogP contribution is 2.18. The minimum atomic E-state index is -0.183. The van der Waals surface area contributed by atoms with Gasteiger partial charge in [-0.1, -0.05) is 11.6 Å². The van der Waals surface area contributed by atoms with E-state index in [1.807, 2.05) is 25.1 Å². The summed E-state index contributed by atoms with van der Waals surface area (Å²) in [7, 11) is 1.78. The molecule has 0 aliphatic heterocycles. The predicted octanol–water partition coefficient (Wildman–Crippen LogP) is 2.08. The largest absolute Gasteiger partial charge is 0.387 e. The molecular formula is C13H14N4O. The van der Waals surface area contributed by atoms with Crippen molar-refractivity contribution < 1.29 is 4.79 Å². The SMILES string of the molecule is CNc1ccc(C)cc1C(=O)Nc1cncnc1. The molecule has 0 spiro atoms. The number of aromatic nitrogens is 2. The van der Waals surface area contributed by atoms with E-state index in [1.54, 1.807) is 19.4 Å². The molecule has 0 fully saturated rings. The number of nitrogens with zero attached hydrogens (tertiary/aromatic N) is 2. The van der Waals surface area contributed by atoms with Crippen LogP contribution >= 0.6 is 0 Å². The first-order valence-electron chi connectivity index (χ1n) is 5.55. The molecular weight excluding hydrogens is 228 g/mol. The summed E-state index contributed by atoms with van der Waals surface area (Å²) in [6.45, 7) is 1.95. The van der Waals surface area contributed by atoms with Gasteiger partial charge in [0, 0.05) is 12.7 Å². The maximum atomic E-state index is 12.1. The second-order valence-electron chi connectivity index (χ2n) is 3.88. The molecule has 2 rings (SSSR count). The third-order valence-corrected chi connectivity index (χ3v) is 2.51. The normalized spacial score (nSPS) is 9.89. The van der Waals surface area contributed by atoms with Gasteiger partial charge in [-0.05, 0) is 19.1 Å². The van der Waals surface area contributed by atoms with Gasteiger partial charge in [-0.3, -0.25) is 4.79 Å². The second kappa shape index (κ2) is 5.27. The number of hydrogen-bond donors (Lipinski definition) is 2. The Kier molecular flexibility index (Phi) is 3.52. The average Bonchev–Trinajstić information content (AvgIpc) is 2.40. The highest BCUT2D eigenvalue weighted by atomic mass is 16.1. The number of benzene rings is 1. The van der Waals surface area contributed by atoms with E-state index < -0.39 is 0 Å². The molecule has 2 N–H and O–H groups in total. The molecule has 92 valence electrons. The van der Waals surface area contributed by atoms with Crippen molar-refractivity contribution in [2.45, 2.75) is 6.92 Å². The number of aryl methyl sites for hydroxylation is 1. The summed E-state index contributed by atoms with van der Waals surface area (Å²) in [5.41, 5.74) is 2.99. The Morgan fingerprint density at radius 1 is 1.22 bits per heavy atom. The van der Waals surface area contributed by atoms with E-state index >= 15 is 0 Å². The van der Waals surface area contributed by atoms with Gasteiger partial charge in [-0.2, -0.15) is 0 Å². The van der Waals surface area contributed by atoms with Gasteiger partial charge in [0.05, 0.1) is 23.6 Å². The number of rotatable bonds is 3. The number of amides is 1. The van der Waals surface area contributed by atoms with E-state index in [1.165, 1.54) is 6.33 Å². The maximum Gasteiger partial charge on any atom is 0.257 e. The molecule has 0 saturated carbocycles. The molecule has 0 saturated heterocycles. The predicted molar refractivity (Wildman–Crippen MR) is 70.7 cm³/mol. The first-order valence-corrected chi connectivity index (χ1v) is 5.55. The van der Waals surface area contributed by atoms with Crippen molar-refractivity contribution in [2.75, 3.05) is 17.7 Å². The zero-order chi connectivity index (χ0) is 13.0. The smallest absolute Gasteiger partial charge is 0.257 e. The molecule has 1 heterocycles. The first-order chi connectivity index (χ1) is 8.70. The summed E-state index contributed by atoms with van der Waals surface area (Å²) in [6.07, 6.45) is 4.53. The molecule has 0 bridgehead atoms. The number of carbonyl (C=O) groups excluding carboxylic acids is 1. The lowest BCUT2D eigenvalue weighted by molar-refractivity contribution is 0.102. The summed E-state index contributed by atoms with van der Waals surface area (Å²) in [5.74, 6) is -0.183. The quantitative estimate of drug-likeness (QED) is 0.864. The lowest BCUT2D eigenvalue weighted by Crippen LogP contribution is -2.14. The fraction of sp³-hybridized carbons (Fsp3) is 0.154. The molecule has 1 aromatic heterocycles. The van der Waals surface area contributed by atoms with Crippen molar-refractivity contribution in [3.05, 3.63) is 48.0 Å². The van der Waals surface area contributed by atoms with Gasteiger partial charge in [-0.25, -0.2) is 9.97 Å². The molecule has 1 aromatic carbocycles. The topological polar surface area (TPSA) is 66.9 Å². The van der Waals surface area contributed by atoms with Crippen LogP contribution in [0.4, 0.5) is 11.4 Å². The van der Waals surface area contributed by atoms with Crippen LogP contribution in [0.2, 0.25) is 0 Å². The Morgan fingerprint density at radius 2 is 1.94 bits per heavy atom. The molecule has 0 unspecified atom stereocenters. The molecule has 0 aliphatic carbocycles. The van der Waals surface area contributed by atoms with E-state index in [4.69, 9.17) is 0 Å². The van der Waals surface area contributed by atoms with E-state index in [9.17, 15) is 4.79 Å². The molecule has 5 nitrogen and oxygen atoms in total. The van der Waals surface area contributed by atoms with Crippen LogP contribution < -0.4 is 10.6 Å². The standard InChI is InChI=1S/C13H14N4O/c1-9-3-4-12(14-2)11(5-9)13(18)17-10-6-15-8-16-7-10/h3-8,14H,1-2H3,(H,17,18). The van der Waals surface area contributed by atoms with Crippen molar-refractivity contribution in [1.82, 2.24) is 9.97 Å². The van der Waals surface area contributed by atoms with Crippen LogP contribution in [0.25, 0.3) is 0 Å². The van der Waals surface area contributed by atoms with Crippen molar-refractivity contribution >= 4 is 17.3 Å². The third kappa shape index (κ3) is 2.63. The van der Waals surface area contributed by atoms with Crippen molar-refractivity contribution in [3.8, 4) is 0 Å². The zero-order valence-corrected chi connectivity index (χ0v) is 10.3. The summed E-state index contributed by atoms with van der Waals surface area (Å²) < 4.78 is 0. The van der Waals surface area contributed by atoms with E-state index in [-0.39, 0.29) is 5.91 Å². The average molecular weight is 242 g/mol. The van der Waals surface area contributed by atoms with Crippen molar-refractivity contribution in [1.29, 1.82) is 0 Å². The highest BCUT2D eigenvalue weighted by Gasteiger charge is 2.11. The number of nitrogens with one attached hydrogen (secondary N) is 2. The fourth-order valence-corrected chi connectivity index (χ4v) is 1.63. The van der Waals surface area contributed by atoms with Gasteiger partial charge in [0.1, 0.15) is 6.33 Å². The zero-order valence-electron chi connectivity index (χ0n) is 10.3. The Labute approximate surface area is 105 Å². The Balaban J connectivity index is 2.26. The summed E-state index contributed by atoms with van der Waals surface area (Å²) in [5, 5.41) is 5.75. The Bertz CT molecular complexity index is 554. The first kappa shape index (κ1) is 12.0. The maximum absolute atomic E-state index is 12.1. The second-order valence-corrected chi connectivity index (χ2v) is 3.88. The molecule has 2 aromatic rings. The van der Waals surface area contributed by atoms with E-state index in [2.05, 4.69) is 20.6 Å². The fourth-order valence-electron chi connectivity index (χ4n) is 1.63. The van der Waals surface area contributed by atoms with E-state index in [0.717, 1.165) is 11.3 Å². The number of anilines is 2. The highest BCUT2D eigenvalue weighted by molar-refractivity contribution is 6.08. The molecule has 0 atom stereocenters. The number of hydrogen-bond acceptors (Lipinski definition) is 4. The van der Waals surface area contributed by atoms with Crippen molar-refractivity contribution in [2.24, 2.45) is 0 Å².